The van der Waals surface area contributed by atoms with Crippen LogP contribution in [0.5, 0.6) is 0 Å². The highest BCUT2D eigenvalue weighted by atomic mass is 16.5. The van der Waals surface area contributed by atoms with Gasteiger partial charge in [-0.15, -0.1) is 0 Å². The van der Waals surface area contributed by atoms with Crippen LogP contribution in [0.25, 0.3) is 5.69 Å². The van der Waals surface area contributed by atoms with Crippen molar-refractivity contribution in [3.05, 3.63) is 78.1 Å². The van der Waals surface area contributed by atoms with E-state index < -0.39 is 0 Å². The largest absolute Gasteiger partial charge is 0.378 e. The van der Waals surface area contributed by atoms with E-state index in [2.05, 4.69) is 15.3 Å². The average molecular weight is 376 g/mol. The predicted octanol–water partition coefficient (Wildman–Crippen LogP) is 2.68. The Kier molecular flexibility index (Phi) is 5.68. The minimum absolute atomic E-state index is 0.0504. The molecule has 3 aromatic rings. The van der Waals surface area contributed by atoms with Gasteiger partial charge in [0.1, 0.15) is 0 Å². The van der Waals surface area contributed by atoms with E-state index in [0.29, 0.717) is 12.1 Å². The fraction of sp³-hybridized carbons (Fsp3) is 0.273. The maximum Gasteiger partial charge on any atom is 0.251 e. The molecule has 0 saturated carbocycles. The highest BCUT2D eigenvalue weighted by molar-refractivity contribution is 5.95. The van der Waals surface area contributed by atoms with Gasteiger partial charge in [-0.1, -0.05) is 24.3 Å². The third kappa shape index (κ3) is 4.40. The van der Waals surface area contributed by atoms with E-state index in [-0.39, 0.29) is 5.91 Å². The van der Waals surface area contributed by atoms with Crippen molar-refractivity contribution in [3.8, 4) is 5.69 Å². The van der Waals surface area contributed by atoms with Crippen molar-refractivity contribution in [2.24, 2.45) is 0 Å². The van der Waals surface area contributed by atoms with Crippen LogP contribution in [0.15, 0.2) is 67.0 Å². The van der Waals surface area contributed by atoms with Crippen molar-refractivity contribution in [2.75, 3.05) is 37.7 Å². The Hall–Kier alpha value is -3.12. The van der Waals surface area contributed by atoms with Gasteiger partial charge < -0.3 is 15.0 Å². The van der Waals surface area contributed by atoms with Crippen molar-refractivity contribution in [3.63, 3.8) is 0 Å². The molecule has 1 amide bonds. The summed E-state index contributed by atoms with van der Waals surface area (Å²) in [4.78, 5) is 14.8. The summed E-state index contributed by atoms with van der Waals surface area (Å²) < 4.78 is 7.25. The lowest BCUT2D eigenvalue weighted by Crippen LogP contribution is -2.36. The van der Waals surface area contributed by atoms with Gasteiger partial charge in [0.25, 0.3) is 5.91 Å². The molecule has 0 bridgehead atoms. The molecule has 6 heteroatoms. The van der Waals surface area contributed by atoms with Crippen LogP contribution in [0, 0.1) is 0 Å². The molecule has 0 spiro atoms. The number of carbonyl (C=O) groups is 1. The van der Waals surface area contributed by atoms with Gasteiger partial charge in [-0.2, -0.15) is 5.10 Å². The Morgan fingerprint density at radius 1 is 1.04 bits per heavy atom. The molecular weight excluding hydrogens is 352 g/mol. The van der Waals surface area contributed by atoms with Crippen LogP contribution in [-0.2, 0) is 11.2 Å². The smallest absolute Gasteiger partial charge is 0.251 e. The Morgan fingerprint density at radius 2 is 1.82 bits per heavy atom. The van der Waals surface area contributed by atoms with Gasteiger partial charge in [0, 0.05) is 37.1 Å². The number of aromatic nitrogens is 2. The van der Waals surface area contributed by atoms with Crippen molar-refractivity contribution < 1.29 is 9.53 Å². The van der Waals surface area contributed by atoms with E-state index in [4.69, 9.17) is 4.74 Å². The quantitative estimate of drug-likeness (QED) is 0.719. The van der Waals surface area contributed by atoms with E-state index in [0.717, 1.165) is 49.7 Å². The van der Waals surface area contributed by atoms with Crippen molar-refractivity contribution in [1.82, 2.24) is 15.1 Å². The summed E-state index contributed by atoms with van der Waals surface area (Å²) >= 11 is 0. The number of nitrogens with zero attached hydrogens (tertiary/aromatic N) is 3. The molecule has 144 valence electrons. The maximum atomic E-state index is 12.5. The molecule has 2 heterocycles. The average Bonchev–Trinajstić information content (AvgIpc) is 3.24. The summed E-state index contributed by atoms with van der Waals surface area (Å²) in [5, 5.41) is 7.40. The van der Waals surface area contributed by atoms with E-state index >= 15 is 0 Å². The molecule has 1 saturated heterocycles. The summed E-state index contributed by atoms with van der Waals surface area (Å²) in [6.07, 6.45) is 4.58. The molecule has 1 fully saturated rings. The van der Waals surface area contributed by atoms with Crippen molar-refractivity contribution in [2.45, 2.75) is 6.42 Å². The molecule has 2 aromatic carbocycles. The normalized spacial score (nSPS) is 14.1. The highest BCUT2D eigenvalue weighted by Crippen LogP contribution is 2.17. The monoisotopic (exact) mass is 376 g/mol. The minimum Gasteiger partial charge on any atom is -0.378 e. The zero-order valence-electron chi connectivity index (χ0n) is 15.8. The lowest BCUT2D eigenvalue weighted by atomic mass is 10.1. The number of rotatable bonds is 6. The van der Waals surface area contributed by atoms with Crippen LogP contribution < -0.4 is 10.2 Å². The molecule has 0 atom stereocenters. The zero-order valence-corrected chi connectivity index (χ0v) is 15.8. The number of para-hydroxylation sites is 1. The van der Waals surface area contributed by atoms with Crippen LogP contribution in [0.4, 0.5) is 5.69 Å². The summed E-state index contributed by atoms with van der Waals surface area (Å²) in [5.74, 6) is -0.0504. The Morgan fingerprint density at radius 3 is 2.64 bits per heavy atom. The van der Waals surface area contributed by atoms with Gasteiger partial charge in [0.2, 0.25) is 0 Å². The lowest BCUT2D eigenvalue weighted by molar-refractivity contribution is 0.0954. The molecule has 28 heavy (non-hydrogen) atoms. The number of hydrogen-bond acceptors (Lipinski definition) is 4. The summed E-state index contributed by atoms with van der Waals surface area (Å²) in [7, 11) is 0. The van der Waals surface area contributed by atoms with Gasteiger partial charge in [-0.05, 0) is 42.3 Å². The number of benzene rings is 2. The van der Waals surface area contributed by atoms with Crippen LogP contribution >= 0.6 is 0 Å². The fourth-order valence-corrected chi connectivity index (χ4v) is 3.30. The maximum absolute atomic E-state index is 12.5. The first kappa shape index (κ1) is 18.3. The number of ether oxygens (including phenoxy) is 1. The standard InChI is InChI=1S/C22H24N4O2/c27-22(19-5-4-8-21(15-19)25-11-13-28-14-12-25)23-10-9-18-16-24-26(17-18)20-6-2-1-3-7-20/h1-8,15-17H,9-14H2,(H,23,27). The second-order valence-electron chi connectivity index (χ2n) is 6.78. The van der Waals surface area contributed by atoms with Crippen LogP contribution in [0.1, 0.15) is 15.9 Å². The van der Waals surface area contributed by atoms with Crippen LogP contribution in [-0.4, -0.2) is 48.5 Å². The molecule has 0 unspecified atom stereocenters. The Labute approximate surface area is 164 Å². The van der Waals surface area contributed by atoms with Crippen LogP contribution in [0.3, 0.4) is 0 Å². The molecule has 1 N–H and O–H groups in total. The fourth-order valence-electron chi connectivity index (χ4n) is 3.30. The second kappa shape index (κ2) is 8.71. The van der Waals surface area contributed by atoms with Crippen molar-refractivity contribution >= 4 is 11.6 Å². The summed E-state index contributed by atoms with van der Waals surface area (Å²) in [5.41, 5.74) is 3.87. The number of carbonyl (C=O) groups excluding carboxylic acids is 1. The minimum atomic E-state index is -0.0504. The second-order valence-corrected chi connectivity index (χ2v) is 6.78. The van der Waals surface area contributed by atoms with Gasteiger partial charge in [-0.25, -0.2) is 4.68 Å². The molecule has 6 nitrogen and oxygen atoms in total. The molecule has 4 rings (SSSR count). The van der Waals surface area contributed by atoms with Gasteiger partial charge in [-0.3, -0.25) is 4.79 Å². The summed E-state index contributed by atoms with van der Waals surface area (Å²) in [6, 6.07) is 17.8. The Balaban J connectivity index is 1.32. The number of anilines is 1. The van der Waals surface area contributed by atoms with Gasteiger partial charge in [0.05, 0.1) is 25.1 Å². The van der Waals surface area contributed by atoms with Gasteiger partial charge in [0.15, 0.2) is 0 Å². The number of hydrogen-bond donors (Lipinski definition) is 1. The lowest BCUT2D eigenvalue weighted by Gasteiger charge is -2.29. The van der Waals surface area contributed by atoms with E-state index in [1.165, 1.54) is 0 Å². The first-order valence-electron chi connectivity index (χ1n) is 9.59. The highest BCUT2D eigenvalue weighted by Gasteiger charge is 2.13. The predicted molar refractivity (Wildman–Crippen MR) is 109 cm³/mol. The van der Waals surface area contributed by atoms with E-state index in [1.54, 1.807) is 0 Å². The zero-order chi connectivity index (χ0) is 19.2. The molecule has 0 radical (unpaired) electrons. The molecule has 1 aliphatic rings. The van der Waals surface area contributed by atoms with Gasteiger partial charge >= 0.3 is 0 Å². The van der Waals surface area contributed by atoms with Crippen molar-refractivity contribution in [1.29, 1.82) is 0 Å². The number of morpholine rings is 1. The first-order chi connectivity index (χ1) is 13.8. The number of amides is 1. The molecule has 1 aliphatic heterocycles. The van der Waals surface area contributed by atoms with Crippen LogP contribution in [0.2, 0.25) is 0 Å². The third-order valence-electron chi connectivity index (χ3n) is 4.84. The molecular formula is C22H24N4O2. The Bertz CT molecular complexity index is 917. The summed E-state index contributed by atoms with van der Waals surface area (Å²) in [6.45, 7) is 3.74. The first-order valence-corrected chi connectivity index (χ1v) is 9.59. The topological polar surface area (TPSA) is 59.4 Å². The van der Waals surface area contributed by atoms with E-state index in [1.807, 2.05) is 71.7 Å². The third-order valence-corrected chi connectivity index (χ3v) is 4.84. The SMILES string of the molecule is O=C(NCCc1cnn(-c2ccccc2)c1)c1cccc(N2CCOCC2)c1. The van der Waals surface area contributed by atoms with E-state index in [9.17, 15) is 4.79 Å². The number of nitrogens with one attached hydrogen (secondary N) is 1. The molecule has 0 aliphatic carbocycles. The molecule has 1 aromatic heterocycles.